The van der Waals surface area contributed by atoms with Crippen molar-refractivity contribution in [2.45, 2.75) is 76.5 Å². The Morgan fingerprint density at radius 2 is 0.940 bits per heavy atom. The summed E-state index contributed by atoms with van der Waals surface area (Å²) in [7, 11) is -27.4. The Labute approximate surface area is 583 Å². The van der Waals surface area contributed by atoms with Crippen LogP contribution in [0.5, 0.6) is 0 Å². The second-order valence-electron chi connectivity index (χ2n) is 24.2. The van der Waals surface area contributed by atoms with Gasteiger partial charge in [-0.3, -0.25) is 51.3 Å². The highest BCUT2D eigenvalue weighted by atomic mass is 32.2. The van der Waals surface area contributed by atoms with Crippen LogP contribution in [0.15, 0.2) is 83.2 Å². The van der Waals surface area contributed by atoms with Crippen LogP contribution in [0.4, 0.5) is 11.4 Å². The standard InChI is InChI=1S/C60H70N8O24S8/c1-59(2)42-34-40(36-30-44(55(71)61-16-26-97(81,82)83)65-45(31-36)56(72)62-17-27-98(84,85)86)53-38(13-22-93-53)51(42)67(20-6-4-5-12-50(69)70)48(59)10-7-11-49-60(3,15-8-24-95(75,76)77)43-35-41(54-39(14-23-94-54)52(43)68(49)21-9-25-96(78,79)80)37-32-46(57(73)63-18-28-99(87,88)89)66-47(33-37)58(74)64-19-29-100(90,91)92/h7,10-11,13-14,22-23,30-35H,4-6,8-9,12,15-21,24-29H2,1-3H3,(H10-,61,62,63,64,69,70,71,72,73,74,75,76,77,78,79,80,81,82,83,84,85,86,87,88,89,90,91,92)/p+1. The van der Waals surface area contributed by atoms with Crippen molar-refractivity contribution in [2.24, 2.45) is 0 Å². The predicted molar refractivity (Wildman–Crippen MR) is 373 cm³/mol. The number of aliphatic carboxylic acids is 1. The number of anilines is 1. The maximum Gasteiger partial charge on any atom is 0.303 e. The van der Waals surface area contributed by atoms with Gasteiger partial charge < -0.3 is 31.3 Å². The highest BCUT2D eigenvalue weighted by Crippen LogP contribution is 2.55. The number of thiophene rings is 2. The first-order chi connectivity index (χ1) is 46.4. The zero-order valence-corrected chi connectivity index (χ0v) is 60.1. The number of carboxylic acid groups (broad SMARTS) is 1. The van der Waals surface area contributed by atoms with Gasteiger partial charge in [0.15, 0.2) is 5.71 Å². The zero-order chi connectivity index (χ0) is 73.7. The van der Waals surface area contributed by atoms with E-state index in [1.165, 1.54) is 46.9 Å². The second kappa shape index (κ2) is 30.9. The Bertz CT molecular complexity index is 4950. The molecule has 0 saturated carbocycles. The summed E-state index contributed by atoms with van der Waals surface area (Å²) in [6, 6.07) is 12.4. The third-order valence-corrected chi connectivity index (χ3v) is 22.8. The van der Waals surface area contributed by atoms with Crippen molar-refractivity contribution in [3.8, 4) is 22.3 Å². The second-order valence-corrected chi connectivity index (χ2v) is 35.4. The predicted octanol–water partition coefficient (Wildman–Crippen LogP) is 4.90. The molecule has 0 aliphatic carbocycles. The molecule has 0 spiro atoms. The van der Waals surface area contributed by atoms with Crippen LogP contribution < -0.4 is 26.2 Å². The third-order valence-electron chi connectivity index (χ3n) is 16.4. The van der Waals surface area contributed by atoms with Crippen molar-refractivity contribution in [3.05, 3.63) is 117 Å². The van der Waals surface area contributed by atoms with Crippen LogP contribution in [0.1, 0.15) is 119 Å². The molecule has 2 aromatic carbocycles. The fourth-order valence-corrected chi connectivity index (χ4v) is 16.3. The molecule has 2 aliphatic heterocycles. The minimum absolute atomic E-state index is 0.0473. The number of hydrogen-bond acceptors (Lipinski definition) is 22. The van der Waals surface area contributed by atoms with E-state index in [-0.39, 0.29) is 54.7 Å². The number of rotatable bonds is 34. The van der Waals surface area contributed by atoms with Gasteiger partial charge in [0.2, 0.25) is 5.69 Å². The Kier molecular flexibility index (Phi) is 24.2. The molecule has 6 heterocycles. The van der Waals surface area contributed by atoms with Crippen LogP contribution in [0.2, 0.25) is 0 Å². The van der Waals surface area contributed by atoms with Gasteiger partial charge in [-0.2, -0.15) is 55.1 Å². The normalized spacial score (nSPS) is 16.2. The number of carbonyl (C=O) groups excluding carboxylic acids is 4. The van der Waals surface area contributed by atoms with Gasteiger partial charge >= 0.3 is 5.97 Å². The summed E-state index contributed by atoms with van der Waals surface area (Å²) >= 11 is 2.48. The third kappa shape index (κ3) is 20.2. The van der Waals surface area contributed by atoms with Crippen LogP contribution in [0.3, 0.4) is 0 Å². The molecule has 542 valence electrons. The highest BCUT2D eigenvalue weighted by molar-refractivity contribution is 7.87. The minimum Gasteiger partial charge on any atom is -0.481 e. The first-order valence-electron chi connectivity index (χ1n) is 30.4. The quantitative estimate of drug-likeness (QED) is 0.0145. The van der Waals surface area contributed by atoms with E-state index in [2.05, 4.69) is 36.1 Å². The Morgan fingerprint density at radius 1 is 0.530 bits per heavy atom. The SMILES string of the molecule is CC1(CCCS(=O)(=O)O)C(/C=C/C=C2/N(CCCCCC(=O)O)c3c(cc(-c4cc(C(=O)NCCS(=O)(=O)O)nc(C(=O)NCCS(=O)(=O)O)c4)c4sccc34)C2(C)C)=[N+](CCCS(=O)(=O)O)c2c1cc(-c1cc(C(=O)NCCS(=O)(=O)O)nc(C(=O)NCCS(=O)(=O)O)c1)c1sccc21. The summed E-state index contributed by atoms with van der Waals surface area (Å²) < 4.78 is 203. The summed E-state index contributed by atoms with van der Waals surface area (Å²) in [5.74, 6) is -9.93. The number of hydrogen-bond donors (Lipinski definition) is 11. The molecule has 6 aromatic rings. The number of pyridine rings is 2. The average molecular weight is 1540 g/mol. The molecular formula is C60H71N8O24S8+. The number of carboxylic acids is 1. The highest BCUT2D eigenvalue weighted by Gasteiger charge is 2.50. The molecule has 0 fully saturated rings. The zero-order valence-electron chi connectivity index (χ0n) is 53.6. The van der Waals surface area contributed by atoms with Crippen LogP contribution in [0, 0.1) is 0 Å². The molecule has 0 radical (unpaired) electrons. The lowest BCUT2D eigenvalue weighted by atomic mass is 9.74. The van der Waals surface area contributed by atoms with Crippen LogP contribution in [-0.2, 0) is 76.3 Å². The smallest absolute Gasteiger partial charge is 0.303 e. The van der Waals surface area contributed by atoms with E-state index in [9.17, 15) is 107 Å². The lowest BCUT2D eigenvalue weighted by Gasteiger charge is -2.27. The van der Waals surface area contributed by atoms with E-state index in [0.29, 0.717) is 91.0 Å². The summed E-state index contributed by atoms with van der Waals surface area (Å²) in [5, 5.41) is 23.6. The molecule has 100 heavy (non-hydrogen) atoms. The molecule has 11 N–H and O–H groups in total. The topological polar surface area (TPSA) is 512 Å². The van der Waals surface area contributed by atoms with Crippen molar-refractivity contribution in [2.75, 3.05) is 78.7 Å². The number of benzene rings is 2. The molecule has 1 unspecified atom stereocenters. The molecule has 40 heteroatoms. The first-order valence-corrected chi connectivity index (χ1v) is 41.9. The number of aromatic nitrogens is 2. The summed E-state index contributed by atoms with van der Waals surface area (Å²) in [4.78, 5) is 77.1. The number of allylic oxidation sites excluding steroid dienone is 4. The average Bonchev–Trinajstić information content (AvgIpc) is 1.56. The van der Waals surface area contributed by atoms with E-state index < -0.39 is 173 Å². The largest absolute Gasteiger partial charge is 0.481 e. The van der Waals surface area contributed by atoms with E-state index in [0.717, 1.165) is 0 Å². The van der Waals surface area contributed by atoms with Crippen LogP contribution in [0.25, 0.3) is 42.4 Å². The van der Waals surface area contributed by atoms with Crippen molar-refractivity contribution in [1.82, 2.24) is 31.2 Å². The van der Waals surface area contributed by atoms with Crippen molar-refractivity contribution in [3.63, 3.8) is 0 Å². The van der Waals surface area contributed by atoms with Crippen molar-refractivity contribution in [1.29, 1.82) is 0 Å². The van der Waals surface area contributed by atoms with Gasteiger partial charge in [-0.25, -0.2) is 9.97 Å². The van der Waals surface area contributed by atoms with Gasteiger partial charge in [-0.05, 0) is 115 Å². The van der Waals surface area contributed by atoms with Gasteiger partial charge in [0.1, 0.15) is 29.3 Å². The van der Waals surface area contributed by atoms with E-state index in [1.807, 2.05) is 36.6 Å². The molecule has 4 amide bonds. The Balaban J connectivity index is 1.32. The van der Waals surface area contributed by atoms with Gasteiger partial charge in [-0.1, -0.05) is 26.3 Å². The fourth-order valence-electron chi connectivity index (χ4n) is 12.0. The van der Waals surface area contributed by atoms with Crippen molar-refractivity contribution < 1.29 is 111 Å². The number of amides is 4. The van der Waals surface area contributed by atoms with E-state index in [1.54, 1.807) is 42.0 Å². The summed E-state index contributed by atoms with van der Waals surface area (Å²) in [6.07, 6.45) is 6.03. The molecular weight excluding hydrogens is 1470 g/mol. The van der Waals surface area contributed by atoms with Crippen molar-refractivity contribution >= 4 is 150 Å². The van der Waals surface area contributed by atoms with Gasteiger partial charge in [0.25, 0.3) is 84.3 Å². The number of nitrogens with zero attached hydrogens (tertiary/aromatic N) is 4. The van der Waals surface area contributed by atoms with Gasteiger partial charge in [0, 0.05) is 94.2 Å². The van der Waals surface area contributed by atoms with E-state index >= 15 is 0 Å². The number of nitrogens with one attached hydrogen (secondary N) is 4. The summed E-state index contributed by atoms with van der Waals surface area (Å²) in [6.45, 7) is 3.48. The number of unbranched alkanes of at least 4 members (excludes halogenated alkanes) is 2. The number of fused-ring (bicyclic) bond motifs is 6. The molecule has 4 aromatic heterocycles. The first kappa shape index (κ1) is 78.1. The van der Waals surface area contributed by atoms with Crippen LogP contribution >= 0.6 is 22.7 Å². The molecule has 0 bridgehead atoms. The lowest BCUT2D eigenvalue weighted by molar-refractivity contribution is -0.435. The summed E-state index contributed by atoms with van der Waals surface area (Å²) in [5.41, 5.74) is 0.616. The van der Waals surface area contributed by atoms with Gasteiger partial charge in [-0.15, -0.1) is 22.7 Å². The Morgan fingerprint density at radius 3 is 1.37 bits per heavy atom. The Hall–Kier alpha value is -7.58. The number of carbonyl (C=O) groups is 5. The lowest BCUT2D eigenvalue weighted by Crippen LogP contribution is -2.32. The molecule has 8 rings (SSSR count). The monoisotopic (exact) mass is 1540 g/mol. The van der Waals surface area contributed by atoms with E-state index in [4.69, 9.17) is 0 Å². The molecule has 32 nitrogen and oxygen atoms in total. The molecule has 2 aliphatic rings. The van der Waals surface area contributed by atoms with Gasteiger partial charge in [0.05, 0.1) is 51.0 Å². The maximum absolute atomic E-state index is 13.8. The molecule has 1 atom stereocenters. The minimum atomic E-state index is -4.61. The van der Waals surface area contributed by atoms with Crippen LogP contribution in [-0.4, -0.2) is 207 Å². The maximum atomic E-state index is 13.8. The fraction of sp³-hybridized carbons (Fsp3) is 0.400. The molecule has 0 saturated heterocycles.